The maximum Gasteiger partial charge on any atom is 0.238 e. The first-order chi connectivity index (χ1) is 5.61. The predicted octanol–water partition coefficient (Wildman–Crippen LogP) is 1.36. The van der Waals surface area contributed by atoms with E-state index in [1.165, 1.54) is 12.1 Å². The van der Waals surface area contributed by atoms with Crippen molar-refractivity contribution in [1.29, 1.82) is 0 Å². The number of hydrogen-bond acceptors (Lipinski definition) is 2. The second-order valence-corrected chi connectivity index (χ2v) is 3.42. The minimum absolute atomic E-state index is 0.148. The van der Waals surface area contributed by atoms with Crippen LogP contribution < -0.4 is 5.14 Å². The molecule has 2 N–H and O–H groups in total. The van der Waals surface area contributed by atoms with Gasteiger partial charge in [-0.3, -0.25) is 0 Å². The van der Waals surface area contributed by atoms with Crippen molar-refractivity contribution < 1.29 is 8.42 Å². The van der Waals surface area contributed by atoms with Gasteiger partial charge in [0.25, 0.3) is 0 Å². The highest BCUT2D eigenvalue weighted by Gasteiger charge is 2.03. The maximum atomic E-state index is 10.6. The third-order valence-corrected chi connectivity index (χ3v) is 2.00. The van der Waals surface area contributed by atoms with E-state index in [0.717, 1.165) is 0 Å². The molecule has 0 aliphatic heterocycles. The Morgan fingerprint density at radius 3 is 1.75 bits per heavy atom. The first-order valence-corrected chi connectivity index (χ1v) is 5.23. The Hall–Kier alpha value is -0.870. The molecule has 68 valence electrons. The highest BCUT2D eigenvalue weighted by molar-refractivity contribution is 7.89. The van der Waals surface area contributed by atoms with Crippen molar-refractivity contribution in [3.05, 3.63) is 30.3 Å². The average molecular weight is 187 g/mol. The summed E-state index contributed by atoms with van der Waals surface area (Å²) in [5.41, 5.74) is 0. The molecular formula is C8H13NO2S. The summed E-state index contributed by atoms with van der Waals surface area (Å²) in [6.45, 7) is 4.00. The van der Waals surface area contributed by atoms with Crippen molar-refractivity contribution in [1.82, 2.24) is 0 Å². The minimum Gasteiger partial charge on any atom is -0.225 e. The largest absolute Gasteiger partial charge is 0.238 e. The summed E-state index contributed by atoms with van der Waals surface area (Å²) >= 11 is 0. The quantitative estimate of drug-likeness (QED) is 0.721. The number of benzene rings is 1. The number of nitrogens with two attached hydrogens (primary N) is 1. The zero-order valence-corrected chi connectivity index (χ0v) is 8.01. The lowest BCUT2D eigenvalue weighted by atomic mass is 10.4. The molecule has 0 aliphatic rings. The molecule has 0 radical (unpaired) electrons. The van der Waals surface area contributed by atoms with Gasteiger partial charge < -0.3 is 0 Å². The van der Waals surface area contributed by atoms with Crippen molar-refractivity contribution in [2.24, 2.45) is 5.14 Å². The Labute approximate surface area is 73.3 Å². The lowest BCUT2D eigenvalue weighted by Crippen LogP contribution is -2.11. The fourth-order valence-electron chi connectivity index (χ4n) is 0.610. The van der Waals surface area contributed by atoms with Crippen LogP contribution in [0.25, 0.3) is 0 Å². The Bertz CT molecular complexity index is 305. The topological polar surface area (TPSA) is 60.2 Å². The molecule has 4 heteroatoms. The SMILES string of the molecule is CC.NS(=O)(=O)c1ccccc1. The van der Waals surface area contributed by atoms with Crippen molar-refractivity contribution >= 4 is 10.0 Å². The van der Waals surface area contributed by atoms with Crippen LogP contribution in [0.5, 0.6) is 0 Å². The van der Waals surface area contributed by atoms with Crippen molar-refractivity contribution in [3.8, 4) is 0 Å². The van der Waals surface area contributed by atoms with Crippen LogP contribution in [0.4, 0.5) is 0 Å². The first kappa shape index (κ1) is 11.1. The molecule has 0 unspecified atom stereocenters. The van der Waals surface area contributed by atoms with Gasteiger partial charge in [-0.2, -0.15) is 0 Å². The van der Waals surface area contributed by atoms with Gasteiger partial charge in [-0.05, 0) is 12.1 Å². The average Bonchev–Trinajstić information content (AvgIpc) is 2.08. The molecule has 0 saturated heterocycles. The summed E-state index contributed by atoms with van der Waals surface area (Å²) in [5, 5.41) is 4.83. The molecule has 0 heterocycles. The third-order valence-electron chi connectivity index (χ3n) is 1.07. The molecule has 0 saturated carbocycles. The van der Waals surface area contributed by atoms with E-state index in [1.54, 1.807) is 18.2 Å². The van der Waals surface area contributed by atoms with Gasteiger partial charge in [-0.25, -0.2) is 13.6 Å². The van der Waals surface area contributed by atoms with Gasteiger partial charge >= 0.3 is 0 Å². The van der Waals surface area contributed by atoms with E-state index in [9.17, 15) is 8.42 Å². The van der Waals surface area contributed by atoms with Crippen molar-refractivity contribution in [2.75, 3.05) is 0 Å². The zero-order valence-electron chi connectivity index (χ0n) is 7.19. The van der Waals surface area contributed by atoms with E-state index in [1.807, 2.05) is 13.8 Å². The summed E-state index contributed by atoms with van der Waals surface area (Å²) in [4.78, 5) is 0.148. The summed E-state index contributed by atoms with van der Waals surface area (Å²) in [5.74, 6) is 0. The van der Waals surface area contributed by atoms with Gasteiger partial charge in [0.05, 0.1) is 4.90 Å². The van der Waals surface area contributed by atoms with Gasteiger partial charge in [0.1, 0.15) is 0 Å². The molecular weight excluding hydrogens is 174 g/mol. The van der Waals surface area contributed by atoms with Crippen LogP contribution in [0, 0.1) is 0 Å². The number of primary sulfonamides is 1. The summed E-state index contributed by atoms with van der Waals surface area (Å²) in [6.07, 6.45) is 0. The summed E-state index contributed by atoms with van der Waals surface area (Å²) < 4.78 is 21.2. The zero-order chi connectivity index (χ0) is 9.61. The minimum atomic E-state index is -3.50. The predicted molar refractivity (Wildman–Crippen MR) is 49.2 cm³/mol. The van der Waals surface area contributed by atoms with Gasteiger partial charge in [0.15, 0.2) is 0 Å². The van der Waals surface area contributed by atoms with Crippen LogP contribution in [-0.4, -0.2) is 8.42 Å². The molecule has 0 bridgehead atoms. The second kappa shape index (κ2) is 4.90. The fourth-order valence-corrected chi connectivity index (χ4v) is 1.15. The highest BCUT2D eigenvalue weighted by Crippen LogP contribution is 2.02. The number of sulfonamides is 1. The third kappa shape index (κ3) is 3.50. The summed E-state index contributed by atoms with van der Waals surface area (Å²) in [7, 11) is -3.50. The second-order valence-electron chi connectivity index (χ2n) is 1.86. The van der Waals surface area contributed by atoms with Crippen LogP contribution in [0.1, 0.15) is 13.8 Å². The Kier molecular flexibility index (Phi) is 4.54. The van der Waals surface area contributed by atoms with Crippen LogP contribution >= 0.6 is 0 Å². The molecule has 0 aromatic heterocycles. The lowest BCUT2D eigenvalue weighted by Gasteiger charge is -1.93. The van der Waals surface area contributed by atoms with E-state index in [0.29, 0.717) is 0 Å². The molecule has 0 spiro atoms. The monoisotopic (exact) mass is 187 g/mol. The molecule has 0 amide bonds. The van der Waals surface area contributed by atoms with Crippen molar-refractivity contribution in [3.63, 3.8) is 0 Å². The molecule has 0 atom stereocenters. The van der Waals surface area contributed by atoms with E-state index < -0.39 is 10.0 Å². The number of rotatable bonds is 1. The standard InChI is InChI=1S/C6H7NO2S.C2H6/c7-10(8,9)6-4-2-1-3-5-6;1-2/h1-5H,(H2,7,8,9);1-2H3. The maximum absolute atomic E-state index is 10.6. The normalized spacial score (nSPS) is 9.92. The van der Waals surface area contributed by atoms with Crippen molar-refractivity contribution in [2.45, 2.75) is 18.7 Å². The molecule has 1 rings (SSSR count). The van der Waals surface area contributed by atoms with Gasteiger partial charge in [-0.1, -0.05) is 32.0 Å². The lowest BCUT2D eigenvalue weighted by molar-refractivity contribution is 0.598. The van der Waals surface area contributed by atoms with Crippen LogP contribution in [0.15, 0.2) is 35.2 Å². The smallest absolute Gasteiger partial charge is 0.225 e. The molecule has 1 aromatic rings. The van der Waals surface area contributed by atoms with Gasteiger partial charge in [0, 0.05) is 0 Å². The molecule has 0 aliphatic carbocycles. The van der Waals surface area contributed by atoms with Gasteiger partial charge in [-0.15, -0.1) is 0 Å². The van der Waals surface area contributed by atoms with Crippen LogP contribution in [0.3, 0.4) is 0 Å². The molecule has 3 nitrogen and oxygen atoms in total. The summed E-state index contributed by atoms with van der Waals surface area (Å²) in [6, 6.07) is 7.89. The van der Waals surface area contributed by atoms with E-state index in [2.05, 4.69) is 0 Å². The van der Waals surface area contributed by atoms with E-state index in [4.69, 9.17) is 5.14 Å². The molecule has 12 heavy (non-hydrogen) atoms. The molecule has 1 aromatic carbocycles. The Balaban J connectivity index is 0.000000561. The fraction of sp³-hybridized carbons (Fsp3) is 0.250. The Morgan fingerprint density at radius 1 is 1.08 bits per heavy atom. The Morgan fingerprint density at radius 2 is 1.50 bits per heavy atom. The first-order valence-electron chi connectivity index (χ1n) is 3.68. The van der Waals surface area contributed by atoms with Crippen LogP contribution in [-0.2, 0) is 10.0 Å². The van der Waals surface area contributed by atoms with Gasteiger partial charge in [0.2, 0.25) is 10.0 Å². The number of hydrogen-bond donors (Lipinski definition) is 1. The highest BCUT2D eigenvalue weighted by atomic mass is 32.2. The van der Waals surface area contributed by atoms with E-state index in [-0.39, 0.29) is 4.90 Å². The molecule has 0 fully saturated rings. The van der Waals surface area contributed by atoms with E-state index >= 15 is 0 Å². The van der Waals surface area contributed by atoms with Crippen LogP contribution in [0.2, 0.25) is 0 Å².